The van der Waals surface area contributed by atoms with Gasteiger partial charge in [-0.2, -0.15) is 0 Å². The monoisotopic (exact) mass is 280 g/mol. The van der Waals surface area contributed by atoms with E-state index in [1.807, 2.05) is 4.90 Å². The fourth-order valence-corrected chi connectivity index (χ4v) is 6.20. The molecule has 0 aromatic rings. The van der Waals surface area contributed by atoms with E-state index >= 15 is 0 Å². The van der Waals surface area contributed by atoms with Crippen LogP contribution in [0.4, 0.5) is 0 Å². The fraction of sp³-hybridized carbons (Fsp3) is 1.00. The predicted molar refractivity (Wildman–Crippen MR) is 82.6 cm³/mol. The summed E-state index contributed by atoms with van der Waals surface area (Å²) in [5, 5.41) is 10.0. The number of quaternary nitrogens is 1. The molecule has 3 fully saturated rings. The third-order valence-electron chi connectivity index (χ3n) is 7.03. The Kier molecular flexibility index (Phi) is 4.16. The van der Waals surface area contributed by atoms with E-state index in [1.54, 1.807) is 0 Å². The van der Waals surface area contributed by atoms with Gasteiger partial charge in [-0.05, 0) is 37.5 Å². The molecule has 2 aliphatic carbocycles. The third kappa shape index (κ3) is 2.54. The molecule has 0 radical (unpaired) electrons. The highest BCUT2D eigenvalue weighted by Gasteiger charge is 2.48. The summed E-state index contributed by atoms with van der Waals surface area (Å²) in [7, 11) is 0. The lowest BCUT2D eigenvalue weighted by Crippen LogP contribution is -3.19. The van der Waals surface area contributed by atoms with Gasteiger partial charge in [0.25, 0.3) is 0 Å². The van der Waals surface area contributed by atoms with Gasteiger partial charge in [-0.15, -0.1) is 0 Å². The Labute approximate surface area is 124 Å². The summed E-state index contributed by atoms with van der Waals surface area (Å²) in [6, 6.07) is 0.787. The van der Waals surface area contributed by atoms with Crippen LogP contribution in [0, 0.1) is 35.5 Å². The zero-order chi connectivity index (χ0) is 14.4. The zero-order valence-electron chi connectivity index (χ0n) is 13.8. The number of rotatable bonds is 1. The second-order valence-corrected chi connectivity index (χ2v) is 8.53. The molecular weight excluding hydrogens is 246 g/mol. The second kappa shape index (κ2) is 5.61. The Morgan fingerprint density at radius 1 is 0.750 bits per heavy atom. The number of nitrogens with one attached hydrogen (secondary N) is 1. The Hall–Kier alpha value is -0.0800. The van der Waals surface area contributed by atoms with E-state index < -0.39 is 0 Å². The minimum atomic E-state index is -0.0454. The molecule has 0 amide bonds. The number of piperidine rings is 1. The summed E-state index contributed by atoms with van der Waals surface area (Å²) in [5.74, 6) is 5.19. The highest BCUT2D eigenvalue weighted by Crippen LogP contribution is 2.42. The summed E-state index contributed by atoms with van der Waals surface area (Å²) >= 11 is 0. The highest BCUT2D eigenvalue weighted by atomic mass is 16.3. The largest absolute Gasteiger partial charge is 0.393 e. The lowest BCUT2D eigenvalue weighted by atomic mass is 9.72. The van der Waals surface area contributed by atoms with E-state index in [0.29, 0.717) is 11.8 Å². The number of likely N-dealkylation sites (tertiary alicyclic amines) is 1. The molecule has 2 N–H and O–H groups in total. The van der Waals surface area contributed by atoms with Crippen LogP contribution in [0.5, 0.6) is 0 Å². The Bertz CT molecular complexity index is 332. The van der Waals surface area contributed by atoms with E-state index in [9.17, 15) is 5.11 Å². The van der Waals surface area contributed by atoms with Crippen LogP contribution in [0.1, 0.15) is 53.4 Å². The van der Waals surface area contributed by atoms with E-state index in [1.165, 1.54) is 25.9 Å². The standard InChI is InChI=1S/C18H33NO/c1-11-5-6-16-14(4)9-19(10-17(11)16)18-12(2)7-15(20)8-13(18)3/h11-18,20H,5-10H2,1-4H3/p+1/t11-,12?,13?,14?,15?,16?,17?,18?/m0/s1. The van der Waals surface area contributed by atoms with E-state index in [2.05, 4.69) is 27.7 Å². The molecule has 0 aromatic carbocycles. The van der Waals surface area contributed by atoms with Crippen LogP contribution in [-0.4, -0.2) is 30.3 Å². The first-order valence-corrected chi connectivity index (χ1v) is 9.00. The molecule has 3 aliphatic rings. The van der Waals surface area contributed by atoms with Crippen molar-refractivity contribution in [3.63, 3.8) is 0 Å². The van der Waals surface area contributed by atoms with Gasteiger partial charge in [0.1, 0.15) is 0 Å². The van der Waals surface area contributed by atoms with E-state index in [0.717, 1.165) is 42.6 Å². The summed E-state index contributed by atoms with van der Waals surface area (Å²) in [4.78, 5) is 1.87. The average Bonchev–Trinajstić information content (AvgIpc) is 2.70. The molecule has 3 rings (SSSR count). The number of aliphatic hydroxyl groups excluding tert-OH is 1. The van der Waals surface area contributed by atoms with Crippen LogP contribution in [-0.2, 0) is 0 Å². The predicted octanol–water partition coefficient (Wildman–Crippen LogP) is 1.98. The maximum atomic E-state index is 10.0. The smallest absolute Gasteiger partial charge is 0.0928 e. The normalized spacial score (nSPS) is 56.5. The first-order chi connectivity index (χ1) is 9.47. The molecule has 0 bridgehead atoms. The molecule has 0 aromatic heterocycles. The minimum Gasteiger partial charge on any atom is -0.393 e. The topological polar surface area (TPSA) is 24.7 Å². The number of hydrogen-bond donors (Lipinski definition) is 2. The Balaban J connectivity index is 1.73. The molecule has 20 heavy (non-hydrogen) atoms. The molecule has 6 unspecified atom stereocenters. The van der Waals surface area contributed by atoms with E-state index in [-0.39, 0.29) is 6.10 Å². The highest BCUT2D eigenvalue weighted by molar-refractivity contribution is 4.89. The molecule has 7 atom stereocenters. The van der Waals surface area contributed by atoms with Crippen LogP contribution in [0.25, 0.3) is 0 Å². The molecule has 1 aliphatic heterocycles. The van der Waals surface area contributed by atoms with Crippen LogP contribution in [0.15, 0.2) is 0 Å². The van der Waals surface area contributed by atoms with Gasteiger partial charge in [-0.1, -0.05) is 27.7 Å². The van der Waals surface area contributed by atoms with Gasteiger partial charge >= 0.3 is 0 Å². The van der Waals surface area contributed by atoms with Crippen LogP contribution in [0.3, 0.4) is 0 Å². The van der Waals surface area contributed by atoms with E-state index in [4.69, 9.17) is 0 Å². The van der Waals surface area contributed by atoms with Crippen molar-refractivity contribution in [2.45, 2.75) is 65.5 Å². The minimum absolute atomic E-state index is 0.0454. The lowest BCUT2D eigenvalue weighted by Gasteiger charge is -2.47. The van der Waals surface area contributed by atoms with Gasteiger partial charge in [0.05, 0.1) is 25.2 Å². The summed E-state index contributed by atoms with van der Waals surface area (Å²) in [6.07, 6.45) is 4.94. The molecule has 0 spiro atoms. The maximum Gasteiger partial charge on any atom is 0.0928 e. The molecule has 1 heterocycles. The van der Waals surface area contributed by atoms with Crippen LogP contribution >= 0.6 is 0 Å². The first kappa shape index (κ1) is 14.8. The summed E-state index contributed by atoms with van der Waals surface area (Å²) in [5.41, 5.74) is 0. The summed E-state index contributed by atoms with van der Waals surface area (Å²) < 4.78 is 0. The number of fused-ring (bicyclic) bond motifs is 1. The number of hydrogen-bond acceptors (Lipinski definition) is 1. The molecule has 2 heteroatoms. The second-order valence-electron chi connectivity index (χ2n) is 8.53. The van der Waals surface area contributed by atoms with Crippen molar-refractivity contribution in [1.29, 1.82) is 0 Å². The van der Waals surface area contributed by atoms with Crippen molar-refractivity contribution in [1.82, 2.24) is 0 Å². The van der Waals surface area contributed by atoms with Crippen molar-refractivity contribution in [3.8, 4) is 0 Å². The molecule has 116 valence electrons. The Morgan fingerprint density at radius 2 is 1.40 bits per heavy atom. The molecular formula is C18H34NO+. The van der Waals surface area contributed by atoms with Crippen LogP contribution < -0.4 is 4.90 Å². The third-order valence-corrected chi connectivity index (χ3v) is 7.03. The molecule has 1 saturated heterocycles. The van der Waals surface area contributed by atoms with Crippen molar-refractivity contribution < 1.29 is 10.0 Å². The van der Waals surface area contributed by atoms with Crippen LogP contribution in [0.2, 0.25) is 0 Å². The van der Waals surface area contributed by atoms with Gasteiger partial charge in [0.2, 0.25) is 0 Å². The van der Waals surface area contributed by atoms with Crippen molar-refractivity contribution in [2.75, 3.05) is 13.1 Å². The van der Waals surface area contributed by atoms with Gasteiger partial charge in [-0.3, -0.25) is 0 Å². The molecule has 2 saturated carbocycles. The number of aliphatic hydroxyl groups is 1. The van der Waals surface area contributed by atoms with Gasteiger partial charge in [0.15, 0.2) is 0 Å². The SMILES string of the molecule is CC1C[NH+](C2C(C)CC(O)CC2C)CC2C1CC[C@@H]2C. The van der Waals surface area contributed by atoms with Gasteiger partial charge < -0.3 is 10.0 Å². The van der Waals surface area contributed by atoms with Crippen molar-refractivity contribution in [3.05, 3.63) is 0 Å². The van der Waals surface area contributed by atoms with Gasteiger partial charge in [0, 0.05) is 23.7 Å². The van der Waals surface area contributed by atoms with Crippen molar-refractivity contribution in [2.24, 2.45) is 35.5 Å². The fourth-order valence-electron chi connectivity index (χ4n) is 6.20. The quantitative estimate of drug-likeness (QED) is 0.754. The first-order valence-electron chi connectivity index (χ1n) is 9.00. The molecule has 2 nitrogen and oxygen atoms in total. The van der Waals surface area contributed by atoms with Gasteiger partial charge in [-0.25, -0.2) is 0 Å². The zero-order valence-corrected chi connectivity index (χ0v) is 13.8. The van der Waals surface area contributed by atoms with Crippen molar-refractivity contribution >= 4 is 0 Å². The maximum absolute atomic E-state index is 10.0. The summed E-state index contributed by atoms with van der Waals surface area (Å²) in [6.45, 7) is 12.5. The Morgan fingerprint density at radius 3 is 2.05 bits per heavy atom. The average molecular weight is 280 g/mol. The lowest BCUT2D eigenvalue weighted by molar-refractivity contribution is -0.947.